The summed E-state index contributed by atoms with van der Waals surface area (Å²) in [6, 6.07) is 14.9. The number of nitrogen functional groups attached to an aromatic ring is 1. The summed E-state index contributed by atoms with van der Waals surface area (Å²) in [5.41, 5.74) is 9.95. The van der Waals surface area contributed by atoms with Gasteiger partial charge in [0.05, 0.1) is 39.1 Å². The summed E-state index contributed by atoms with van der Waals surface area (Å²) in [4.78, 5) is 34.9. The van der Waals surface area contributed by atoms with E-state index in [4.69, 9.17) is 15.2 Å². The minimum atomic E-state index is -0.617. The Balaban J connectivity index is 1.09. The molecular formula is C32H28FN9O4. The fourth-order valence-corrected chi connectivity index (χ4v) is 5.28. The van der Waals surface area contributed by atoms with E-state index in [0.29, 0.717) is 43.4 Å². The van der Waals surface area contributed by atoms with Gasteiger partial charge >= 0.3 is 0 Å². The van der Waals surface area contributed by atoms with Gasteiger partial charge in [-0.3, -0.25) is 14.3 Å². The van der Waals surface area contributed by atoms with Crippen LogP contribution in [0.5, 0.6) is 0 Å². The summed E-state index contributed by atoms with van der Waals surface area (Å²) in [7, 11) is 0. The number of benzene rings is 2. The quantitative estimate of drug-likeness (QED) is 0.260. The number of nitrogens with zero attached hydrogens (tertiary/aromatic N) is 7. The van der Waals surface area contributed by atoms with E-state index in [1.165, 1.54) is 24.7 Å². The Hall–Kier alpha value is -5.73. The zero-order chi connectivity index (χ0) is 31.6. The van der Waals surface area contributed by atoms with Crippen molar-refractivity contribution >= 4 is 23.2 Å². The van der Waals surface area contributed by atoms with Gasteiger partial charge in [-0.1, -0.05) is 24.3 Å². The topological polar surface area (TPSA) is 156 Å². The molecule has 2 aromatic carbocycles. The predicted octanol–water partition coefficient (Wildman–Crippen LogP) is 3.25. The lowest BCUT2D eigenvalue weighted by atomic mass is 10.0. The number of rotatable bonds is 8. The molecule has 1 saturated heterocycles. The number of aromatic nitrogens is 7. The number of hydrogen-bond acceptors (Lipinski definition) is 9. The van der Waals surface area contributed by atoms with Gasteiger partial charge < -0.3 is 25.1 Å². The van der Waals surface area contributed by atoms with Crippen LogP contribution in [-0.4, -0.2) is 65.8 Å². The number of nitrogens with two attached hydrogens (primary N) is 1. The third-order valence-electron chi connectivity index (χ3n) is 7.62. The molecule has 3 N–H and O–H groups in total. The number of carbonyl (C=O) groups is 1. The van der Waals surface area contributed by atoms with E-state index >= 15 is 0 Å². The summed E-state index contributed by atoms with van der Waals surface area (Å²) < 4.78 is 29.1. The van der Waals surface area contributed by atoms with Crippen molar-refractivity contribution in [1.82, 2.24) is 33.9 Å². The second-order valence-corrected chi connectivity index (χ2v) is 10.8. The Morgan fingerprint density at radius 2 is 1.80 bits per heavy atom. The molecule has 46 heavy (non-hydrogen) atoms. The molecule has 0 spiro atoms. The molecule has 1 aliphatic heterocycles. The van der Waals surface area contributed by atoms with E-state index in [0.717, 1.165) is 26.8 Å². The third-order valence-corrected chi connectivity index (χ3v) is 7.62. The number of nitrogens with one attached hydrogen (secondary N) is 1. The molecule has 7 rings (SSSR count). The first-order valence-corrected chi connectivity index (χ1v) is 14.5. The van der Waals surface area contributed by atoms with Crippen LogP contribution in [0.1, 0.15) is 15.9 Å². The Labute approximate surface area is 261 Å². The summed E-state index contributed by atoms with van der Waals surface area (Å²) in [5, 5.41) is 11.2. The third kappa shape index (κ3) is 5.98. The minimum absolute atomic E-state index is 0.0477. The summed E-state index contributed by atoms with van der Waals surface area (Å²) in [5.74, 6) is -0.376. The molecule has 232 valence electrons. The average Bonchev–Trinajstić information content (AvgIpc) is 3.76. The molecule has 5 heterocycles. The van der Waals surface area contributed by atoms with Gasteiger partial charge in [0.25, 0.3) is 11.5 Å². The van der Waals surface area contributed by atoms with Crippen LogP contribution in [0.2, 0.25) is 0 Å². The highest BCUT2D eigenvalue weighted by Crippen LogP contribution is 2.30. The number of fused-ring (bicyclic) bond motifs is 1. The molecule has 0 saturated carbocycles. The van der Waals surface area contributed by atoms with Gasteiger partial charge in [-0.25, -0.2) is 9.37 Å². The van der Waals surface area contributed by atoms with Crippen LogP contribution < -0.4 is 16.6 Å². The largest absolute Gasteiger partial charge is 0.383 e. The fraction of sp³-hybridized carbons (Fsp3) is 0.188. The van der Waals surface area contributed by atoms with E-state index in [1.807, 2.05) is 29.1 Å². The van der Waals surface area contributed by atoms with Crippen molar-refractivity contribution in [2.24, 2.45) is 0 Å². The highest BCUT2D eigenvalue weighted by molar-refractivity contribution is 6.04. The van der Waals surface area contributed by atoms with Crippen LogP contribution in [0, 0.1) is 5.82 Å². The van der Waals surface area contributed by atoms with E-state index in [-0.39, 0.29) is 29.8 Å². The Morgan fingerprint density at radius 1 is 0.978 bits per heavy atom. The van der Waals surface area contributed by atoms with Gasteiger partial charge in [-0.15, -0.1) is 0 Å². The molecule has 0 bridgehead atoms. The lowest BCUT2D eigenvalue weighted by Crippen LogP contribution is -2.32. The molecule has 6 aromatic rings. The van der Waals surface area contributed by atoms with Crippen LogP contribution in [0.15, 0.2) is 90.5 Å². The normalized spacial score (nSPS) is 14.8. The first-order chi connectivity index (χ1) is 22.4. The van der Waals surface area contributed by atoms with Gasteiger partial charge in [-0.05, 0) is 41.5 Å². The van der Waals surface area contributed by atoms with Crippen LogP contribution in [0.25, 0.3) is 28.0 Å². The molecule has 0 radical (unpaired) electrons. The Kier molecular flexibility index (Phi) is 7.78. The second kappa shape index (κ2) is 12.3. The molecule has 1 aliphatic rings. The van der Waals surface area contributed by atoms with E-state index < -0.39 is 11.5 Å². The van der Waals surface area contributed by atoms with Gasteiger partial charge in [-0.2, -0.15) is 19.7 Å². The van der Waals surface area contributed by atoms with E-state index in [1.54, 1.807) is 41.2 Å². The van der Waals surface area contributed by atoms with Crippen LogP contribution in [-0.2, 0) is 22.6 Å². The molecule has 1 fully saturated rings. The molecule has 14 heteroatoms. The van der Waals surface area contributed by atoms with Crippen molar-refractivity contribution in [3.63, 3.8) is 0 Å². The number of amides is 1. The number of carbonyl (C=O) groups excluding carboxylic acids is 1. The molecule has 0 unspecified atom stereocenters. The SMILES string of the molecule is Nc1ncc(-c2cnn(C[C@H]3COCCO3)c2)cc1-c1ccc(NC(=O)c2cn(Cc3ccc(F)cc3)c3ncnn3c2=O)cc1. The van der Waals surface area contributed by atoms with Crippen molar-refractivity contribution in [3.05, 3.63) is 113 Å². The highest BCUT2D eigenvalue weighted by Gasteiger charge is 2.19. The number of pyridine rings is 1. The summed E-state index contributed by atoms with van der Waals surface area (Å²) in [6.07, 6.45) is 8.01. The van der Waals surface area contributed by atoms with Gasteiger partial charge in [0.15, 0.2) is 0 Å². The van der Waals surface area contributed by atoms with Crippen LogP contribution in [0.3, 0.4) is 0 Å². The molecular weight excluding hydrogens is 593 g/mol. The van der Waals surface area contributed by atoms with Gasteiger partial charge in [0.1, 0.15) is 29.6 Å². The van der Waals surface area contributed by atoms with E-state index in [9.17, 15) is 14.0 Å². The lowest BCUT2D eigenvalue weighted by molar-refractivity contribution is -0.0946. The molecule has 1 amide bonds. The maximum Gasteiger partial charge on any atom is 0.288 e. The molecule has 13 nitrogen and oxygen atoms in total. The molecule has 0 aliphatic carbocycles. The monoisotopic (exact) mass is 621 g/mol. The van der Waals surface area contributed by atoms with Crippen LogP contribution in [0.4, 0.5) is 15.9 Å². The van der Waals surface area contributed by atoms with Crippen molar-refractivity contribution in [1.29, 1.82) is 0 Å². The highest BCUT2D eigenvalue weighted by atomic mass is 19.1. The zero-order valence-electron chi connectivity index (χ0n) is 24.4. The number of hydrogen-bond donors (Lipinski definition) is 2. The fourth-order valence-electron chi connectivity index (χ4n) is 5.28. The maximum absolute atomic E-state index is 13.4. The maximum atomic E-state index is 13.4. The standard InChI is InChI=1S/C32H28FN9O4/c33-24-5-1-20(2-6-24)14-40-17-28(31(44)42-32(40)36-19-38-42)30(43)39-25-7-3-21(4-8-25)27-11-22(12-35-29(27)34)23-13-37-41(15-23)16-26-18-45-9-10-46-26/h1-8,11-13,15,17,19,26H,9-10,14,16,18H2,(H2,34,35)(H,39,43)/t26-/m0/s1. The first-order valence-electron chi connectivity index (χ1n) is 14.5. The predicted molar refractivity (Wildman–Crippen MR) is 167 cm³/mol. The lowest BCUT2D eigenvalue weighted by Gasteiger charge is -2.22. The summed E-state index contributed by atoms with van der Waals surface area (Å²) >= 11 is 0. The Morgan fingerprint density at radius 3 is 2.59 bits per heavy atom. The van der Waals surface area contributed by atoms with Crippen molar-refractivity contribution in [2.45, 2.75) is 19.2 Å². The van der Waals surface area contributed by atoms with Gasteiger partial charge in [0.2, 0.25) is 5.78 Å². The number of anilines is 2. The van der Waals surface area contributed by atoms with E-state index in [2.05, 4.69) is 25.5 Å². The number of ether oxygens (including phenoxy) is 2. The number of halogens is 1. The van der Waals surface area contributed by atoms with Gasteiger partial charge in [0, 0.05) is 41.0 Å². The first kappa shape index (κ1) is 29.0. The van der Waals surface area contributed by atoms with Crippen molar-refractivity contribution < 1.29 is 18.7 Å². The second-order valence-electron chi connectivity index (χ2n) is 10.8. The average molecular weight is 622 g/mol. The minimum Gasteiger partial charge on any atom is -0.383 e. The Bertz CT molecular complexity index is 2080. The smallest absolute Gasteiger partial charge is 0.288 e. The molecule has 4 aromatic heterocycles. The van der Waals surface area contributed by atoms with Crippen molar-refractivity contribution in [3.8, 4) is 22.3 Å². The van der Waals surface area contributed by atoms with Crippen LogP contribution >= 0.6 is 0 Å². The molecule has 1 atom stereocenters. The van der Waals surface area contributed by atoms with Crippen molar-refractivity contribution in [2.75, 3.05) is 30.9 Å². The zero-order valence-corrected chi connectivity index (χ0v) is 24.4. The summed E-state index contributed by atoms with van der Waals surface area (Å²) in [6.45, 7) is 2.54.